The van der Waals surface area contributed by atoms with E-state index in [0.29, 0.717) is 0 Å². The van der Waals surface area contributed by atoms with Crippen molar-refractivity contribution in [2.24, 2.45) is 0 Å². The molecule has 0 aliphatic rings. The third-order valence-electron chi connectivity index (χ3n) is 2.01. The first-order valence-electron chi connectivity index (χ1n) is 4.99. The highest BCUT2D eigenvalue weighted by atomic mass is 19.1. The average Bonchev–Trinajstić information content (AvgIpc) is 2.30. The van der Waals surface area contributed by atoms with Crippen LogP contribution in [0.15, 0.2) is 18.2 Å². The van der Waals surface area contributed by atoms with Crippen LogP contribution in [0.25, 0.3) is 0 Å². The van der Waals surface area contributed by atoms with Gasteiger partial charge in [-0.3, -0.25) is 4.79 Å². The second kappa shape index (κ2) is 6.06. The number of carboxylic acid groups (broad SMARTS) is 1. The molecule has 1 atom stereocenters. The van der Waals surface area contributed by atoms with Gasteiger partial charge in [-0.25, -0.2) is 13.6 Å². The SMILES string of the molecule is C[C@H](OCC(=O)Nc1cc(F)ccc1F)C(=O)O. The van der Waals surface area contributed by atoms with Gasteiger partial charge in [0.25, 0.3) is 0 Å². The highest BCUT2D eigenvalue weighted by Gasteiger charge is 2.14. The number of hydrogen-bond acceptors (Lipinski definition) is 3. The lowest BCUT2D eigenvalue weighted by Crippen LogP contribution is -2.26. The van der Waals surface area contributed by atoms with E-state index in [1.807, 2.05) is 0 Å². The molecule has 2 N–H and O–H groups in total. The van der Waals surface area contributed by atoms with Crippen molar-refractivity contribution in [3.8, 4) is 0 Å². The Morgan fingerprint density at radius 2 is 2.11 bits per heavy atom. The molecule has 0 unspecified atom stereocenters. The molecule has 5 nitrogen and oxygen atoms in total. The van der Waals surface area contributed by atoms with E-state index < -0.39 is 36.2 Å². The summed E-state index contributed by atoms with van der Waals surface area (Å²) in [7, 11) is 0. The van der Waals surface area contributed by atoms with E-state index in [-0.39, 0.29) is 5.69 Å². The Balaban J connectivity index is 2.54. The number of carboxylic acids is 1. The van der Waals surface area contributed by atoms with Crippen LogP contribution in [0.4, 0.5) is 14.5 Å². The molecule has 0 bridgehead atoms. The normalized spacial score (nSPS) is 11.9. The number of anilines is 1. The van der Waals surface area contributed by atoms with Crippen LogP contribution in [-0.4, -0.2) is 29.7 Å². The summed E-state index contributed by atoms with van der Waals surface area (Å²) in [6, 6.07) is 2.59. The second-order valence-electron chi connectivity index (χ2n) is 3.46. The zero-order valence-corrected chi connectivity index (χ0v) is 9.44. The van der Waals surface area contributed by atoms with Crippen molar-refractivity contribution in [1.82, 2.24) is 0 Å². The van der Waals surface area contributed by atoms with Crippen molar-refractivity contribution < 1.29 is 28.2 Å². The monoisotopic (exact) mass is 259 g/mol. The Morgan fingerprint density at radius 1 is 1.44 bits per heavy atom. The minimum atomic E-state index is -1.22. The van der Waals surface area contributed by atoms with E-state index in [1.54, 1.807) is 0 Å². The lowest BCUT2D eigenvalue weighted by molar-refractivity contribution is -0.150. The number of ether oxygens (including phenoxy) is 1. The molecule has 98 valence electrons. The van der Waals surface area contributed by atoms with E-state index in [9.17, 15) is 18.4 Å². The number of rotatable bonds is 5. The van der Waals surface area contributed by atoms with Crippen LogP contribution in [-0.2, 0) is 14.3 Å². The Bertz CT molecular complexity index is 464. The number of benzene rings is 1. The van der Waals surface area contributed by atoms with E-state index in [1.165, 1.54) is 6.92 Å². The molecule has 1 aromatic rings. The summed E-state index contributed by atoms with van der Waals surface area (Å²) in [4.78, 5) is 21.7. The van der Waals surface area contributed by atoms with Crippen molar-refractivity contribution in [3.05, 3.63) is 29.8 Å². The molecule has 0 aliphatic heterocycles. The number of aliphatic carboxylic acids is 1. The first kappa shape index (κ1) is 14.0. The van der Waals surface area contributed by atoms with E-state index in [0.717, 1.165) is 18.2 Å². The van der Waals surface area contributed by atoms with Gasteiger partial charge in [-0.1, -0.05) is 0 Å². The second-order valence-corrected chi connectivity index (χ2v) is 3.46. The zero-order chi connectivity index (χ0) is 13.7. The largest absolute Gasteiger partial charge is 0.479 e. The average molecular weight is 259 g/mol. The number of hydrogen-bond donors (Lipinski definition) is 2. The number of amides is 1. The summed E-state index contributed by atoms with van der Waals surface area (Å²) in [6.45, 7) is 0.682. The molecule has 1 aromatic carbocycles. The van der Waals surface area contributed by atoms with Crippen LogP contribution < -0.4 is 5.32 Å². The smallest absolute Gasteiger partial charge is 0.332 e. The highest BCUT2D eigenvalue weighted by Crippen LogP contribution is 2.14. The number of nitrogens with one attached hydrogen (secondary N) is 1. The summed E-state index contributed by atoms with van der Waals surface area (Å²) >= 11 is 0. The predicted octanol–water partition coefficient (Wildman–Crippen LogP) is 1.39. The lowest BCUT2D eigenvalue weighted by Gasteiger charge is -2.09. The molecule has 0 spiro atoms. The Morgan fingerprint density at radius 3 is 2.72 bits per heavy atom. The van der Waals surface area contributed by atoms with Crippen molar-refractivity contribution in [2.75, 3.05) is 11.9 Å². The highest BCUT2D eigenvalue weighted by molar-refractivity contribution is 5.92. The van der Waals surface area contributed by atoms with Gasteiger partial charge in [-0.2, -0.15) is 0 Å². The molecule has 7 heteroatoms. The summed E-state index contributed by atoms with van der Waals surface area (Å²) < 4.78 is 30.6. The zero-order valence-electron chi connectivity index (χ0n) is 9.44. The summed E-state index contributed by atoms with van der Waals surface area (Å²) in [5.41, 5.74) is -0.327. The van der Waals surface area contributed by atoms with E-state index >= 15 is 0 Å². The number of carbonyl (C=O) groups is 2. The molecule has 0 radical (unpaired) electrons. The van der Waals surface area contributed by atoms with Gasteiger partial charge in [0.1, 0.15) is 18.2 Å². The summed E-state index contributed by atoms with van der Waals surface area (Å²) in [5.74, 6) is -3.49. The Hall–Kier alpha value is -2.02. The molecule has 0 aliphatic carbocycles. The van der Waals surface area contributed by atoms with Gasteiger partial charge in [0.15, 0.2) is 6.10 Å². The third-order valence-corrected chi connectivity index (χ3v) is 2.01. The molecule has 1 rings (SSSR count). The standard InChI is InChI=1S/C11H11F2NO4/c1-6(11(16)17)18-5-10(15)14-9-4-7(12)2-3-8(9)13/h2-4,6H,5H2,1H3,(H,14,15)(H,16,17)/t6-/m0/s1. The Kier molecular flexibility index (Phi) is 4.73. The minimum Gasteiger partial charge on any atom is -0.479 e. The minimum absolute atomic E-state index is 0.327. The van der Waals surface area contributed by atoms with Crippen LogP contribution >= 0.6 is 0 Å². The third kappa shape index (κ3) is 4.10. The molecule has 0 saturated carbocycles. The summed E-state index contributed by atoms with van der Waals surface area (Å²) in [5, 5.41) is 10.6. The molecule has 0 heterocycles. The number of halogens is 2. The molecular weight excluding hydrogens is 248 g/mol. The first-order chi connectivity index (χ1) is 8.40. The van der Waals surface area contributed by atoms with Gasteiger partial charge < -0.3 is 15.2 Å². The molecule has 0 fully saturated rings. The van der Waals surface area contributed by atoms with Gasteiger partial charge >= 0.3 is 5.97 Å². The van der Waals surface area contributed by atoms with Gasteiger partial charge in [0.05, 0.1) is 5.69 Å². The van der Waals surface area contributed by atoms with E-state index in [2.05, 4.69) is 10.1 Å². The van der Waals surface area contributed by atoms with Crippen molar-refractivity contribution in [1.29, 1.82) is 0 Å². The van der Waals surface area contributed by atoms with Gasteiger partial charge in [0, 0.05) is 6.07 Å². The molecular formula is C11H11F2NO4. The predicted molar refractivity (Wildman–Crippen MR) is 58.0 cm³/mol. The fourth-order valence-corrected chi connectivity index (χ4v) is 1.05. The number of carbonyl (C=O) groups excluding carboxylic acids is 1. The lowest BCUT2D eigenvalue weighted by atomic mass is 10.3. The molecule has 18 heavy (non-hydrogen) atoms. The fourth-order valence-electron chi connectivity index (χ4n) is 1.05. The maximum atomic E-state index is 13.1. The van der Waals surface area contributed by atoms with E-state index in [4.69, 9.17) is 5.11 Å². The van der Waals surface area contributed by atoms with Gasteiger partial charge in [-0.05, 0) is 19.1 Å². The van der Waals surface area contributed by atoms with Crippen LogP contribution in [0.5, 0.6) is 0 Å². The topological polar surface area (TPSA) is 75.6 Å². The van der Waals surface area contributed by atoms with Crippen molar-refractivity contribution in [2.45, 2.75) is 13.0 Å². The maximum Gasteiger partial charge on any atom is 0.332 e. The van der Waals surface area contributed by atoms with Gasteiger partial charge in [-0.15, -0.1) is 0 Å². The summed E-state index contributed by atoms with van der Waals surface area (Å²) in [6.07, 6.45) is -1.16. The molecule has 0 aromatic heterocycles. The van der Waals surface area contributed by atoms with Crippen LogP contribution in [0.1, 0.15) is 6.92 Å². The van der Waals surface area contributed by atoms with Crippen LogP contribution in [0, 0.1) is 11.6 Å². The van der Waals surface area contributed by atoms with Crippen molar-refractivity contribution in [3.63, 3.8) is 0 Å². The fraction of sp³-hybridized carbons (Fsp3) is 0.273. The van der Waals surface area contributed by atoms with Crippen LogP contribution in [0.3, 0.4) is 0 Å². The van der Waals surface area contributed by atoms with Crippen LogP contribution in [0.2, 0.25) is 0 Å². The maximum absolute atomic E-state index is 13.1. The molecule has 0 saturated heterocycles. The van der Waals surface area contributed by atoms with Gasteiger partial charge in [0.2, 0.25) is 5.91 Å². The van der Waals surface area contributed by atoms with Crippen molar-refractivity contribution >= 4 is 17.6 Å². The molecule has 1 amide bonds. The first-order valence-corrected chi connectivity index (χ1v) is 4.99. The Labute approximate surface area is 101 Å². The quantitative estimate of drug-likeness (QED) is 0.837.